The van der Waals surface area contributed by atoms with E-state index in [1.165, 1.54) is 17.4 Å². The molecule has 0 amide bonds. The van der Waals surface area contributed by atoms with Gasteiger partial charge in [-0.15, -0.1) is 0 Å². The number of nitrogens with zero attached hydrogens (tertiary/aromatic N) is 1. The number of fused-ring (bicyclic) bond motifs is 1. The van der Waals surface area contributed by atoms with Crippen LogP contribution in [-0.2, 0) is 0 Å². The van der Waals surface area contributed by atoms with E-state index in [1.54, 1.807) is 18.2 Å². The fraction of sp³-hybridized carbons (Fsp3) is 0. The fourth-order valence-electron chi connectivity index (χ4n) is 1.74. The number of aromatic nitrogens is 1. The molecule has 3 rings (SSSR count). The average Bonchev–Trinajstić information content (AvgIpc) is 2.83. The number of halogens is 1. The minimum absolute atomic E-state index is 0.314. The van der Waals surface area contributed by atoms with Crippen molar-refractivity contribution in [2.75, 3.05) is 10.6 Å². The van der Waals surface area contributed by atoms with Crippen molar-refractivity contribution in [2.24, 2.45) is 0 Å². The van der Waals surface area contributed by atoms with Crippen molar-refractivity contribution in [3.8, 4) is 0 Å². The van der Waals surface area contributed by atoms with Gasteiger partial charge < -0.3 is 10.6 Å². The molecule has 100 valence electrons. The normalized spacial score (nSPS) is 10.4. The molecular formula is C14H10FN3S2. The van der Waals surface area contributed by atoms with Gasteiger partial charge in [-0.2, -0.15) is 0 Å². The maximum atomic E-state index is 13.5. The van der Waals surface area contributed by atoms with Gasteiger partial charge in [0.15, 0.2) is 10.2 Å². The average molecular weight is 303 g/mol. The Kier molecular flexibility index (Phi) is 3.58. The van der Waals surface area contributed by atoms with E-state index >= 15 is 0 Å². The zero-order valence-electron chi connectivity index (χ0n) is 10.3. The number of hydrogen-bond donors (Lipinski definition) is 2. The Morgan fingerprint density at radius 2 is 1.80 bits per heavy atom. The van der Waals surface area contributed by atoms with Crippen LogP contribution >= 0.6 is 23.6 Å². The number of benzene rings is 2. The lowest BCUT2D eigenvalue weighted by Gasteiger charge is -2.08. The number of thiazole rings is 1. The van der Waals surface area contributed by atoms with Crippen LogP contribution in [0.25, 0.3) is 10.2 Å². The standard InChI is InChI=1S/C14H10FN3S2/c15-9-5-1-2-6-10(9)16-13(19)18-14-17-11-7-3-4-8-12(11)20-14/h1-8H,(H2,16,17,18,19). The van der Waals surface area contributed by atoms with Crippen LogP contribution in [0, 0.1) is 5.82 Å². The predicted octanol–water partition coefficient (Wildman–Crippen LogP) is 4.24. The van der Waals surface area contributed by atoms with E-state index in [4.69, 9.17) is 12.2 Å². The number of rotatable bonds is 2. The second kappa shape index (κ2) is 5.52. The summed E-state index contributed by atoms with van der Waals surface area (Å²) in [5.41, 5.74) is 1.25. The number of para-hydroxylation sites is 2. The van der Waals surface area contributed by atoms with Gasteiger partial charge in [0.1, 0.15) is 5.82 Å². The van der Waals surface area contributed by atoms with Gasteiger partial charge in [-0.25, -0.2) is 9.37 Å². The van der Waals surface area contributed by atoms with E-state index in [0.717, 1.165) is 10.2 Å². The van der Waals surface area contributed by atoms with E-state index in [1.807, 2.05) is 24.3 Å². The van der Waals surface area contributed by atoms with Crippen molar-refractivity contribution in [3.63, 3.8) is 0 Å². The molecule has 0 saturated carbocycles. The summed E-state index contributed by atoms with van der Waals surface area (Å²) in [7, 11) is 0. The highest BCUT2D eigenvalue weighted by atomic mass is 32.1. The van der Waals surface area contributed by atoms with Crippen LogP contribution < -0.4 is 10.6 Å². The Bertz CT molecular complexity index is 737. The molecule has 20 heavy (non-hydrogen) atoms. The third kappa shape index (κ3) is 2.76. The van der Waals surface area contributed by atoms with Gasteiger partial charge in [-0.3, -0.25) is 0 Å². The Hall–Kier alpha value is -2.05. The van der Waals surface area contributed by atoms with Gasteiger partial charge in [-0.05, 0) is 36.5 Å². The van der Waals surface area contributed by atoms with Crippen molar-refractivity contribution >= 4 is 49.7 Å². The minimum Gasteiger partial charge on any atom is -0.330 e. The maximum absolute atomic E-state index is 13.5. The van der Waals surface area contributed by atoms with Crippen molar-refractivity contribution in [1.29, 1.82) is 0 Å². The van der Waals surface area contributed by atoms with Crippen molar-refractivity contribution < 1.29 is 4.39 Å². The summed E-state index contributed by atoms with van der Waals surface area (Å²) in [6, 6.07) is 14.2. The third-order valence-corrected chi connectivity index (χ3v) is 3.79. The summed E-state index contributed by atoms with van der Waals surface area (Å²) < 4.78 is 14.6. The molecule has 0 radical (unpaired) electrons. The minimum atomic E-state index is -0.346. The van der Waals surface area contributed by atoms with Gasteiger partial charge in [0.05, 0.1) is 15.9 Å². The Morgan fingerprint density at radius 1 is 1.05 bits per heavy atom. The van der Waals surface area contributed by atoms with Crippen LogP contribution in [-0.4, -0.2) is 10.1 Å². The molecule has 0 fully saturated rings. The van der Waals surface area contributed by atoms with Crippen LogP contribution in [0.2, 0.25) is 0 Å². The first kappa shape index (κ1) is 13.0. The summed E-state index contributed by atoms with van der Waals surface area (Å²) in [5, 5.41) is 6.78. The van der Waals surface area contributed by atoms with Crippen LogP contribution in [0.15, 0.2) is 48.5 Å². The molecule has 1 heterocycles. The van der Waals surface area contributed by atoms with Gasteiger partial charge in [0, 0.05) is 0 Å². The zero-order chi connectivity index (χ0) is 13.9. The molecule has 3 nitrogen and oxygen atoms in total. The Morgan fingerprint density at radius 3 is 2.60 bits per heavy atom. The van der Waals surface area contributed by atoms with E-state index in [2.05, 4.69) is 15.6 Å². The van der Waals surface area contributed by atoms with Crippen LogP contribution in [0.5, 0.6) is 0 Å². The molecular weight excluding hydrogens is 293 g/mol. The molecule has 3 aromatic rings. The van der Waals surface area contributed by atoms with Gasteiger partial charge in [-0.1, -0.05) is 35.6 Å². The first-order valence-corrected chi connectivity index (χ1v) is 7.13. The molecule has 0 bridgehead atoms. The summed E-state index contributed by atoms with van der Waals surface area (Å²) >= 11 is 6.66. The molecule has 0 saturated heterocycles. The molecule has 2 N–H and O–H groups in total. The molecule has 0 spiro atoms. The van der Waals surface area contributed by atoms with E-state index < -0.39 is 0 Å². The lowest BCUT2D eigenvalue weighted by molar-refractivity contribution is 0.632. The first-order valence-electron chi connectivity index (χ1n) is 5.90. The lowest BCUT2D eigenvalue weighted by atomic mass is 10.3. The molecule has 2 aromatic carbocycles. The number of hydrogen-bond acceptors (Lipinski definition) is 3. The molecule has 0 aliphatic rings. The SMILES string of the molecule is Fc1ccccc1NC(=S)Nc1nc2ccccc2s1. The molecule has 0 atom stereocenters. The molecule has 6 heteroatoms. The number of thiocarbonyl (C=S) groups is 1. The molecule has 0 aliphatic carbocycles. The van der Waals surface area contributed by atoms with Gasteiger partial charge >= 0.3 is 0 Å². The first-order chi connectivity index (χ1) is 9.72. The van der Waals surface area contributed by atoms with E-state index in [-0.39, 0.29) is 5.82 Å². The summed E-state index contributed by atoms with van der Waals surface area (Å²) in [5.74, 6) is -0.346. The molecule has 0 aliphatic heterocycles. The highest BCUT2D eigenvalue weighted by Gasteiger charge is 2.06. The monoisotopic (exact) mass is 303 g/mol. The van der Waals surface area contributed by atoms with E-state index in [0.29, 0.717) is 15.9 Å². The summed E-state index contributed by atoms with van der Waals surface area (Å²) in [6.45, 7) is 0. The summed E-state index contributed by atoms with van der Waals surface area (Å²) in [4.78, 5) is 4.40. The van der Waals surface area contributed by atoms with Crippen molar-refractivity contribution in [3.05, 3.63) is 54.3 Å². The second-order valence-electron chi connectivity index (χ2n) is 4.05. The highest BCUT2D eigenvalue weighted by molar-refractivity contribution is 7.80. The van der Waals surface area contributed by atoms with Crippen molar-refractivity contribution in [2.45, 2.75) is 0 Å². The number of nitrogens with one attached hydrogen (secondary N) is 2. The van der Waals surface area contributed by atoms with Gasteiger partial charge in [0.2, 0.25) is 0 Å². The van der Waals surface area contributed by atoms with Crippen LogP contribution in [0.4, 0.5) is 15.2 Å². The maximum Gasteiger partial charge on any atom is 0.190 e. The predicted molar refractivity (Wildman–Crippen MR) is 85.9 cm³/mol. The zero-order valence-corrected chi connectivity index (χ0v) is 11.9. The van der Waals surface area contributed by atoms with Crippen molar-refractivity contribution in [1.82, 2.24) is 4.98 Å². The third-order valence-electron chi connectivity index (χ3n) is 2.64. The lowest BCUT2D eigenvalue weighted by Crippen LogP contribution is -2.19. The second-order valence-corrected chi connectivity index (χ2v) is 5.48. The quantitative estimate of drug-likeness (QED) is 0.694. The Balaban J connectivity index is 1.74. The Labute approximate surface area is 124 Å². The van der Waals surface area contributed by atoms with Crippen LogP contribution in [0.1, 0.15) is 0 Å². The molecule has 0 unspecified atom stereocenters. The topological polar surface area (TPSA) is 37.0 Å². The van der Waals surface area contributed by atoms with Gasteiger partial charge in [0.25, 0.3) is 0 Å². The van der Waals surface area contributed by atoms with E-state index in [9.17, 15) is 4.39 Å². The molecule has 1 aromatic heterocycles. The van der Waals surface area contributed by atoms with Crippen LogP contribution in [0.3, 0.4) is 0 Å². The summed E-state index contributed by atoms with van der Waals surface area (Å²) in [6.07, 6.45) is 0. The largest absolute Gasteiger partial charge is 0.330 e. The fourth-order valence-corrected chi connectivity index (χ4v) is 2.88. The smallest absolute Gasteiger partial charge is 0.190 e. The highest BCUT2D eigenvalue weighted by Crippen LogP contribution is 2.25. The number of anilines is 2.